The molecule has 2 amide bonds. The Kier molecular flexibility index (Phi) is 4.79. The van der Waals surface area contributed by atoms with Crippen molar-refractivity contribution in [3.8, 4) is 0 Å². The van der Waals surface area contributed by atoms with Crippen molar-refractivity contribution >= 4 is 28.7 Å². The van der Waals surface area contributed by atoms with Crippen LogP contribution in [-0.2, 0) is 12.7 Å². The van der Waals surface area contributed by atoms with Crippen molar-refractivity contribution in [1.82, 2.24) is 10.3 Å². The number of aromatic nitrogens is 1. The number of rotatable bonds is 4. The van der Waals surface area contributed by atoms with Gasteiger partial charge in [-0.15, -0.1) is 11.3 Å². The molecule has 11 heteroatoms. The molecule has 2 rings (SSSR count). The Morgan fingerprint density at radius 3 is 2.70 bits per heavy atom. The monoisotopic (exact) mass is 346 g/mol. The van der Waals surface area contributed by atoms with Crippen molar-refractivity contribution in [1.29, 1.82) is 0 Å². The van der Waals surface area contributed by atoms with Crippen LogP contribution in [0.2, 0.25) is 0 Å². The lowest BCUT2D eigenvalue weighted by Crippen LogP contribution is -2.28. The SMILES string of the molecule is O=C(NCc1nccs1)Nc1ccc([N+](=O)[O-])c(C(F)(F)F)c1. The Bertz CT molecular complexity index is 719. The average Bonchev–Trinajstić information content (AvgIpc) is 2.97. The summed E-state index contributed by atoms with van der Waals surface area (Å²) >= 11 is 1.30. The van der Waals surface area contributed by atoms with Crippen molar-refractivity contribution in [2.75, 3.05) is 5.32 Å². The van der Waals surface area contributed by atoms with E-state index in [2.05, 4.69) is 15.6 Å². The van der Waals surface area contributed by atoms with Gasteiger partial charge in [0.25, 0.3) is 5.69 Å². The lowest BCUT2D eigenvalue weighted by molar-refractivity contribution is -0.388. The minimum Gasteiger partial charge on any atom is -0.331 e. The molecule has 2 aromatic rings. The fourth-order valence-electron chi connectivity index (χ4n) is 1.67. The van der Waals surface area contributed by atoms with E-state index < -0.39 is 28.4 Å². The van der Waals surface area contributed by atoms with Crippen LogP contribution in [0.25, 0.3) is 0 Å². The van der Waals surface area contributed by atoms with Crippen LogP contribution in [0.3, 0.4) is 0 Å². The van der Waals surface area contributed by atoms with Gasteiger partial charge in [-0.05, 0) is 12.1 Å². The maximum atomic E-state index is 12.8. The molecule has 0 saturated carbocycles. The summed E-state index contributed by atoms with van der Waals surface area (Å²) in [6, 6.07) is 1.48. The van der Waals surface area contributed by atoms with Crippen molar-refractivity contribution in [2.24, 2.45) is 0 Å². The average molecular weight is 346 g/mol. The molecule has 1 heterocycles. The van der Waals surface area contributed by atoms with E-state index in [1.54, 1.807) is 11.6 Å². The van der Waals surface area contributed by atoms with Crippen LogP contribution in [0.15, 0.2) is 29.8 Å². The predicted molar refractivity (Wildman–Crippen MR) is 76.1 cm³/mol. The van der Waals surface area contributed by atoms with Crippen LogP contribution < -0.4 is 10.6 Å². The number of hydrogen-bond acceptors (Lipinski definition) is 5. The minimum absolute atomic E-state index is 0.114. The van der Waals surface area contributed by atoms with Gasteiger partial charge in [0.2, 0.25) is 0 Å². The zero-order valence-electron chi connectivity index (χ0n) is 11.3. The lowest BCUT2D eigenvalue weighted by Gasteiger charge is -2.11. The first kappa shape index (κ1) is 16.7. The summed E-state index contributed by atoms with van der Waals surface area (Å²) in [6.45, 7) is 0.114. The summed E-state index contributed by atoms with van der Waals surface area (Å²) in [5.41, 5.74) is -2.72. The zero-order valence-corrected chi connectivity index (χ0v) is 12.1. The standard InChI is InChI=1S/C12H9F3N4O3S/c13-12(14,15)8-5-7(1-2-9(8)19(21)22)18-11(20)17-6-10-16-3-4-23-10/h1-5H,6H2,(H2,17,18,20). The molecule has 0 bridgehead atoms. The highest BCUT2D eigenvalue weighted by Crippen LogP contribution is 2.37. The highest BCUT2D eigenvalue weighted by molar-refractivity contribution is 7.09. The number of nitro benzene ring substituents is 1. The molecular formula is C12H9F3N4O3S. The second kappa shape index (κ2) is 6.60. The van der Waals surface area contributed by atoms with E-state index >= 15 is 0 Å². The Labute approximate surface area is 131 Å². The third kappa shape index (κ3) is 4.39. The van der Waals surface area contributed by atoms with E-state index in [9.17, 15) is 28.1 Å². The zero-order chi connectivity index (χ0) is 17.0. The largest absolute Gasteiger partial charge is 0.423 e. The third-order valence-electron chi connectivity index (χ3n) is 2.64. The minimum atomic E-state index is -4.91. The van der Waals surface area contributed by atoms with Gasteiger partial charge in [0.15, 0.2) is 0 Å². The topological polar surface area (TPSA) is 97.2 Å². The first-order chi connectivity index (χ1) is 10.8. The van der Waals surface area contributed by atoms with Gasteiger partial charge in [-0.25, -0.2) is 9.78 Å². The van der Waals surface area contributed by atoms with E-state index in [4.69, 9.17) is 0 Å². The fraction of sp³-hybridized carbons (Fsp3) is 0.167. The third-order valence-corrected chi connectivity index (χ3v) is 3.42. The number of amides is 2. The van der Waals surface area contributed by atoms with Gasteiger partial charge in [0, 0.05) is 23.3 Å². The van der Waals surface area contributed by atoms with Crippen LogP contribution in [0, 0.1) is 10.1 Å². The second-order valence-electron chi connectivity index (χ2n) is 4.22. The number of nitro groups is 1. The summed E-state index contributed by atoms with van der Waals surface area (Å²) in [5.74, 6) is 0. The van der Waals surface area contributed by atoms with Crippen LogP contribution in [0.4, 0.5) is 29.3 Å². The summed E-state index contributed by atoms with van der Waals surface area (Å²) < 4.78 is 38.5. The van der Waals surface area contributed by atoms with Crippen molar-refractivity contribution < 1.29 is 22.9 Å². The first-order valence-corrected chi connectivity index (χ1v) is 6.94. The molecule has 0 aliphatic heterocycles. The van der Waals surface area contributed by atoms with E-state index in [1.807, 2.05) is 0 Å². The number of carbonyl (C=O) groups excluding carboxylic acids is 1. The first-order valence-electron chi connectivity index (χ1n) is 6.06. The number of nitrogens with zero attached hydrogens (tertiary/aromatic N) is 2. The maximum Gasteiger partial charge on any atom is 0.423 e. The van der Waals surface area contributed by atoms with Gasteiger partial charge < -0.3 is 10.6 Å². The van der Waals surface area contributed by atoms with Crippen molar-refractivity contribution in [3.05, 3.63) is 50.5 Å². The molecule has 23 heavy (non-hydrogen) atoms. The molecule has 7 nitrogen and oxygen atoms in total. The summed E-state index contributed by atoms with van der Waals surface area (Å²) in [5, 5.41) is 17.6. The van der Waals surface area contributed by atoms with Gasteiger partial charge in [0.1, 0.15) is 10.6 Å². The van der Waals surface area contributed by atoms with Gasteiger partial charge in [-0.3, -0.25) is 10.1 Å². The van der Waals surface area contributed by atoms with Crippen LogP contribution in [-0.4, -0.2) is 15.9 Å². The molecule has 0 saturated heterocycles. The molecule has 1 aromatic heterocycles. The number of thiazole rings is 1. The van der Waals surface area contributed by atoms with Gasteiger partial charge >= 0.3 is 12.2 Å². The lowest BCUT2D eigenvalue weighted by atomic mass is 10.1. The number of anilines is 1. The number of benzene rings is 1. The molecule has 1 aromatic carbocycles. The van der Waals surface area contributed by atoms with Crippen molar-refractivity contribution in [3.63, 3.8) is 0 Å². The van der Waals surface area contributed by atoms with Crippen LogP contribution in [0.5, 0.6) is 0 Å². The highest BCUT2D eigenvalue weighted by atomic mass is 32.1. The molecule has 0 aliphatic rings. The molecule has 0 fully saturated rings. The predicted octanol–water partition coefficient (Wildman–Crippen LogP) is 3.39. The second-order valence-corrected chi connectivity index (χ2v) is 5.20. The quantitative estimate of drug-likeness (QED) is 0.655. The number of urea groups is 1. The van der Waals surface area contributed by atoms with Crippen LogP contribution >= 0.6 is 11.3 Å². The molecule has 122 valence electrons. The molecule has 0 spiro atoms. The van der Waals surface area contributed by atoms with Gasteiger partial charge in [-0.1, -0.05) is 0 Å². The Balaban J connectivity index is 2.10. The number of nitrogens with one attached hydrogen (secondary N) is 2. The molecule has 2 N–H and O–H groups in total. The number of halogens is 3. The number of hydrogen-bond donors (Lipinski definition) is 2. The summed E-state index contributed by atoms with van der Waals surface area (Å²) in [4.78, 5) is 25.1. The van der Waals surface area contributed by atoms with E-state index in [0.717, 1.165) is 6.07 Å². The Morgan fingerprint density at radius 2 is 2.13 bits per heavy atom. The normalized spacial score (nSPS) is 11.1. The molecule has 0 radical (unpaired) electrons. The summed E-state index contributed by atoms with van der Waals surface area (Å²) in [7, 11) is 0. The van der Waals surface area contributed by atoms with E-state index in [-0.39, 0.29) is 12.2 Å². The maximum absolute atomic E-state index is 12.8. The molecule has 0 unspecified atom stereocenters. The number of carbonyl (C=O) groups is 1. The molecule has 0 atom stereocenters. The Hall–Kier alpha value is -2.69. The Morgan fingerprint density at radius 1 is 1.39 bits per heavy atom. The van der Waals surface area contributed by atoms with Gasteiger partial charge in [0.05, 0.1) is 11.5 Å². The smallest absolute Gasteiger partial charge is 0.331 e. The summed E-state index contributed by atoms with van der Waals surface area (Å²) in [6.07, 6.45) is -3.36. The fourth-order valence-corrected chi connectivity index (χ4v) is 2.23. The number of alkyl halides is 3. The highest BCUT2D eigenvalue weighted by Gasteiger charge is 2.38. The van der Waals surface area contributed by atoms with Gasteiger partial charge in [-0.2, -0.15) is 13.2 Å². The molecular weight excluding hydrogens is 337 g/mol. The van der Waals surface area contributed by atoms with Crippen LogP contribution in [0.1, 0.15) is 10.6 Å². The van der Waals surface area contributed by atoms with E-state index in [0.29, 0.717) is 17.1 Å². The van der Waals surface area contributed by atoms with Crippen molar-refractivity contribution in [2.45, 2.75) is 12.7 Å². The van der Waals surface area contributed by atoms with E-state index in [1.165, 1.54) is 11.3 Å². The molecule has 0 aliphatic carbocycles.